The van der Waals surface area contributed by atoms with Crippen LogP contribution in [0.1, 0.15) is 19.8 Å². The number of hydrogen-bond acceptors (Lipinski definition) is 0. The standard InChI is InChI=1S/C8H17N2.F5P.FH/c1-8(9(2)3)10-6-4-5-7-10;1-6(2,3,4)5;/h4-7H2,1-3H3;;1H/q+1;;/p-1. The molecule has 2 nitrogen and oxygen atoms in total. The van der Waals surface area contributed by atoms with Gasteiger partial charge in [-0.1, -0.05) is 0 Å². The number of nitrogens with zero attached hydrogens (tertiary/aromatic N) is 2. The molecule has 0 unspecified atom stereocenters. The number of halogens is 6. The van der Waals surface area contributed by atoms with E-state index in [1.54, 1.807) is 0 Å². The minimum absolute atomic E-state index is 0. The van der Waals surface area contributed by atoms with Gasteiger partial charge in [0.1, 0.15) is 0 Å². The van der Waals surface area contributed by atoms with Gasteiger partial charge in [-0.3, -0.25) is 9.48 Å². The Hall–Kier alpha value is -0.520. The molecule has 106 valence electrons. The first-order valence-corrected chi connectivity index (χ1v) is 6.51. The van der Waals surface area contributed by atoms with Crippen molar-refractivity contribution in [1.29, 1.82) is 0 Å². The van der Waals surface area contributed by atoms with Gasteiger partial charge in [-0.15, -0.1) is 0 Å². The third kappa shape index (κ3) is 13.4. The molecule has 0 aromatic heterocycles. The molecule has 17 heavy (non-hydrogen) atoms. The van der Waals surface area contributed by atoms with Crippen molar-refractivity contribution in [3.05, 3.63) is 0 Å². The van der Waals surface area contributed by atoms with Crippen molar-refractivity contribution in [2.24, 2.45) is 0 Å². The molecule has 0 spiro atoms. The maximum Gasteiger partial charge on any atom is -1.00 e. The van der Waals surface area contributed by atoms with Crippen LogP contribution < -0.4 is 4.70 Å². The summed E-state index contributed by atoms with van der Waals surface area (Å²) in [4.78, 5) is 2.44. The summed E-state index contributed by atoms with van der Waals surface area (Å²) in [6.07, 6.45) is 2.73. The molecule has 0 N–H and O–H groups in total. The third-order valence-corrected chi connectivity index (χ3v) is 2.21. The van der Waals surface area contributed by atoms with E-state index in [2.05, 4.69) is 30.5 Å². The zero-order valence-corrected chi connectivity index (χ0v) is 10.8. The number of amidine groups is 1. The van der Waals surface area contributed by atoms with Crippen LogP contribution in [0.3, 0.4) is 0 Å². The fraction of sp³-hybridized carbons (Fsp3) is 0.875. The molecule has 1 rings (SSSR count). The van der Waals surface area contributed by atoms with Gasteiger partial charge in [0.2, 0.25) is 5.84 Å². The van der Waals surface area contributed by atoms with E-state index in [-0.39, 0.29) is 4.70 Å². The maximum absolute atomic E-state index is 9.84. The fourth-order valence-corrected chi connectivity index (χ4v) is 1.32. The van der Waals surface area contributed by atoms with Crippen LogP contribution in [0.2, 0.25) is 0 Å². The molecule has 1 heterocycles. The molecule has 0 saturated carbocycles. The van der Waals surface area contributed by atoms with Crippen LogP contribution in [0.15, 0.2) is 0 Å². The van der Waals surface area contributed by atoms with Gasteiger partial charge in [0.15, 0.2) is 0 Å². The van der Waals surface area contributed by atoms with Crippen LogP contribution >= 0.6 is 8.16 Å². The Balaban J connectivity index is 0. The summed E-state index contributed by atoms with van der Waals surface area (Å²) in [6.45, 7) is 4.69. The predicted molar refractivity (Wildman–Crippen MR) is 56.1 cm³/mol. The minimum atomic E-state index is -8.55. The van der Waals surface area contributed by atoms with E-state index < -0.39 is 8.16 Å². The molecule has 0 bridgehead atoms. The van der Waals surface area contributed by atoms with E-state index in [1.165, 1.54) is 31.8 Å². The summed E-state index contributed by atoms with van der Waals surface area (Å²) in [5, 5.41) is 0. The van der Waals surface area contributed by atoms with E-state index in [0.717, 1.165) is 0 Å². The Labute approximate surface area is 97.0 Å². The predicted octanol–water partition coefficient (Wildman–Crippen LogP) is 0.739. The topological polar surface area (TPSA) is 6.25 Å². The van der Waals surface area contributed by atoms with Gasteiger partial charge >= 0.3 is 29.1 Å². The van der Waals surface area contributed by atoms with Crippen LogP contribution in [-0.4, -0.2) is 42.5 Å². The van der Waals surface area contributed by atoms with Crippen molar-refractivity contribution in [3.63, 3.8) is 0 Å². The van der Waals surface area contributed by atoms with Crippen molar-refractivity contribution < 1.29 is 30.3 Å². The summed E-state index contributed by atoms with van der Waals surface area (Å²) < 4.78 is 51.4. The average molecular weight is 286 g/mol. The smallest absolute Gasteiger partial charge is 1.00 e. The molecule has 0 aromatic rings. The Morgan fingerprint density at radius 1 is 1.00 bits per heavy atom. The third-order valence-electron chi connectivity index (χ3n) is 2.21. The molecule has 0 aliphatic carbocycles. The summed E-state index contributed by atoms with van der Waals surface area (Å²) in [6, 6.07) is 0. The second-order valence-electron chi connectivity index (χ2n) is 3.77. The van der Waals surface area contributed by atoms with Gasteiger partial charge in [-0.05, 0) is 12.8 Å². The van der Waals surface area contributed by atoms with E-state index in [1.807, 2.05) is 0 Å². The van der Waals surface area contributed by atoms with Crippen molar-refractivity contribution in [2.45, 2.75) is 19.8 Å². The van der Waals surface area contributed by atoms with Crippen molar-refractivity contribution >= 4 is 14.0 Å². The number of rotatable bonds is 0. The first-order valence-electron chi connectivity index (χ1n) is 4.82. The molecule has 1 fully saturated rings. The van der Waals surface area contributed by atoms with Crippen molar-refractivity contribution in [1.82, 2.24) is 4.90 Å². The molecule has 1 saturated heterocycles. The van der Waals surface area contributed by atoms with Crippen LogP contribution in [0.4, 0.5) is 21.0 Å². The van der Waals surface area contributed by atoms with E-state index >= 15 is 0 Å². The molecule has 0 aromatic carbocycles. The first kappa shape index (κ1) is 18.8. The van der Waals surface area contributed by atoms with Gasteiger partial charge < -0.3 is 4.70 Å². The van der Waals surface area contributed by atoms with Crippen LogP contribution in [0.5, 0.6) is 0 Å². The van der Waals surface area contributed by atoms with Gasteiger partial charge in [0, 0.05) is 6.92 Å². The molecule has 1 aliphatic rings. The molecular weight excluding hydrogens is 269 g/mol. The molecular formula is C8H17F6N2P. The van der Waals surface area contributed by atoms with Gasteiger partial charge in [0.05, 0.1) is 27.2 Å². The fourth-order valence-electron chi connectivity index (χ4n) is 1.32. The summed E-state index contributed by atoms with van der Waals surface area (Å²) in [5.41, 5.74) is 0. The average Bonchev–Trinajstić information content (AvgIpc) is 2.49. The largest absolute Gasteiger partial charge is 1.00 e. The first-order chi connectivity index (χ1) is 6.95. The second kappa shape index (κ2) is 6.42. The quantitative estimate of drug-likeness (QED) is 0.209. The second-order valence-corrected chi connectivity index (χ2v) is 5.05. The van der Waals surface area contributed by atoms with E-state index in [0.29, 0.717) is 0 Å². The zero-order chi connectivity index (χ0) is 13.0. The van der Waals surface area contributed by atoms with Crippen LogP contribution in [-0.2, 0) is 0 Å². The van der Waals surface area contributed by atoms with E-state index in [9.17, 15) is 21.0 Å². The monoisotopic (exact) mass is 286 g/mol. The van der Waals surface area contributed by atoms with Gasteiger partial charge in [0.25, 0.3) is 0 Å². The summed E-state index contributed by atoms with van der Waals surface area (Å²) in [5.74, 6) is 1.40. The Morgan fingerprint density at radius 2 is 1.29 bits per heavy atom. The summed E-state index contributed by atoms with van der Waals surface area (Å²) >= 11 is 0. The van der Waals surface area contributed by atoms with Gasteiger partial charge in [-0.25, -0.2) is 0 Å². The van der Waals surface area contributed by atoms with Crippen molar-refractivity contribution in [2.75, 3.05) is 27.2 Å². The molecule has 1 aliphatic heterocycles. The molecule has 9 heteroatoms. The normalized spacial score (nSPS) is 17.2. The Morgan fingerprint density at radius 3 is 1.53 bits per heavy atom. The van der Waals surface area contributed by atoms with Crippen molar-refractivity contribution in [3.8, 4) is 0 Å². The number of hydrogen-bond donors (Lipinski definition) is 0. The molecule has 0 radical (unpaired) electrons. The van der Waals surface area contributed by atoms with Crippen LogP contribution in [0.25, 0.3) is 0 Å². The minimum Gasteiger partial charge on any atom is -1.00 e. The van der Waals surface area contributed by atoms with Gasteiger partial charge in [-0.2, -0.15) is 0 Å². The SMILES string of the molecule is CC(N1CCCC1)=[N+](C)C.FP(F)(F)(F)F.[F-]. The molecule has 0 atom stereocenters. The maximum atomic E-state index is 9.84. The summed E-state index contributed by atoms with van der Waals surface area (Å²) in [7, 11) is -4.34. The van der Waals surface area contributed by atoms with E-state index in [4.69, 9.17) is 0 Å². The molecule has 0 amide bonds. The number of likely N-dealkylation sites (tertiary alicyclic amines) is 1. The Bertz CT molecular complexity index is 246. The Kier molecular flexibility index (Phi) is 7.12. The zero-order valence-electron chi connectivity index (χ0n) is 9.94. The van der Waals surface area contributed by atoms with Crippen LogP contribution in [0, 0.1) is 0 Å².